The molecule has 6 aromatic carbocycles. The molecule has 0 heterocycles. The molecule has 12 nitrogen and oxygen atoms in total. The van der Waals surface area contributed by atoms with Crippen LogP contribution in [0.5, 0.6) is 69.0 Å². The van der Waals surface area contributed by atoms with Crippen LogP contribution >= 0.6 is 0 Å². The van der Waals surface area contributed by atoms with Crippen LogP contribution in [0.2, 0.25) is 0 Å². The van der Waals surface area contributed by atoms with E-state index in [1.165, 1.54) is 0 Å². The van der Waals surface area contributed by atoms with Gasteiger partial charge in [-0.25, -0.2) is 0 Å². The van der Waals surface area contributed by atoms with Crippen molar-refractivity contribution in [2.45, 2.75) is 80.1 Å². The number of methoxy groups -OCH3 is 3. The topological polar surface area (TPSA) is 144 Å². The molecule has 366 valence electrons. The van der Waals surface area contributed by atoms with Crippen molar-refractivity contribution < 1.29 is 58.0 Å². The second kappa shape index (κ2) is 22.8. The number of ether oxygens (including phenoxy) is 9. The number of hydrogen-bond acceptors (Lipinski definition) is 12. The molecule has 3 N–H and O–H groups in total. The van der Waals surface area contributed by atoms with Gasteiger partial charge < -0.3 is 58.0 Å². The van der Waals surface area contributed by atoms with Crippen LogP contribution in [-0.2, 0) is 38.5 Å². The molecular weight excluding hydrogens is 877 g/mol. The molecule has 1 aliphatic carbocycles. The monoisotopic (exact) mass is 942 g/mol. The fraction of sp³-hybridized carbons (Fsp3) is 0.368. The van der Waals surface area contributed by atoms with Crippen molar-refractivity contribution >= 4 is 0 Å². The molecule has 69 heavy (non-hydrogen) atoms. The Kier molecular flexibility index (Phi) is 16.5. The van der Waals surface area contributed by atoms with Gasteiger partial charge in [-0.05, 0) is 114 Å². The van der Waals surface area contributed by atoms with Crippen molar-refractivity contribution in [3.8, 4) is 69.0 Å². The van der Waals surface area contributed by atoms with Crippen LogP contribution in [0.4, 0.5) is 0 Å². The Hall–Kier alpha value is -7.08. The van der Waals surface area contributed by atoms with E-state index >= 15 is 0 Å². The van der Waals surface area contributed by atoms with Crippen LogP contribution in [0.1, 0.15) is 108 Å². The SMILES string of the molecule is CCOc1cc2c(O)c(c1)Cc1cc(OCC)cc(c1OC)Cc1cc(OCC)cc(c1O)Cc1cc(OCC)cc(c1OC)Cc1cc(OCC)cc(c1O)Cc1cc(OCC)cc(c1OC)C2. The zero-order chi connectivity index (χ0) is 49.2. The number of rotatable bonds is 15. The fourth-order valence-corrected chi connectivity index (χ4v) is 9.47. The minimum Gasteiger partial charge on any atom is -0.507 e. The first kappa shape index (κ1) is 49.8. The van der Waals surface area contributed by atoms with Gasteiger partial charge in [-0.15, -0.1) is 0 Å². The summed E-state index contributed by atoms with van der Waals surface area (Å²) in [6.45, 7) is 14.0. The Morgan fingerprint density at radius 3 is 0.551 bits per heavy atom. The van der Waals surface area contributed by atoms with E-state index in [4.69, 9.17) is 42.6 Å². The third-order valence-corrected chi connectivity index (χ3v) is 12.1. The molecule has 0 atom stereocenters. The van der Waals surface area contributed by atoms with Crippen LogP contribution in [0, 0.1) is 0 Å². The van der Waals surface area contributed by atoms with Gasteiger partial charge in [0.15, 0.2) is 0 Å². The Balaban J connectivity index is 1.53. The largest absolute Gasteiger partial charge is 0.507 e. The normalized spacial score (nSPS) is 12.3. The Morgan fingerprint density at radius 1 is 0.275 bits per heavy atom. The maximum Gasteiger partial charge on any atom is 0.126 e. The average molecular weight is 943 g/mol. The molecule has 0 saturated heterocycles. The molecule has 7 rings (SSSR count). The third-order valence-electron chi connectivity index (χ3n) is 12.1. The van der Waals surface area contributed by atoms with Crippen molar-refractivity contribution in [2.24, 2.45) is 0 Å². The number of phenols is 3. The van der Waals surface area contributed by atoms with E-state index in [1.54, 1.807) is 21.3 Å². The van der Waals surface area contributed by atoms with Gasteiger partial charge >= 0.3 is 0 Å². The van der Waals surface area contributed by atoms with Crippen molar-refractivity contribution in [1.82, 2.24) is 0 Å². The minimum absolute atomic E-state index is 0.0910. The van der Waals surface area contributed by atoms with E-state index in [1.807, 2.05) is 114 Å². The molecule has 0 radical (unpaired) electrons. The summed E-state index contributed by atoms with van der Waals surface area (Å²) in [7, 11) is 4.87. The van der Waals surface area contributed by atoms with E-state index in [0.29, 0.717) is 125 Å². The first-order valence-corrected chi connectivity index (χ1v) is 23.9. The zero-order valence-corrected chi connectivity index (χ0v) is 41.4. The molecule has 0 saturated carbocycles. The first-order valence-electron chi connectivity index (χ1n) is 23.9. The number of benzene rings is 6. The molecule has 6 aromatic rings. The van der Waals surface area contributed by atoms with Crippen LogP contribution in [0.3, 0.4) is 0 Å². The third kappa shape index (κ3) is 11.3. The Bertz CT molecular complexity index is 2320. The summed E-state index contributed by atoms with van der Waals surface area (Å²) >= 11 is 0. The zero-order valence-electron chi connectivity index (χ0n) is 41.4. The van der Waals surface area contributed by atoms with Gasteiger partial charge in [0.1, 0.15) is 69.0 Å². The van der Waals surface area contributed by atoms with Crippen LogP contribution in [0.25, 0.3) is 0 Å². The second-order valence-electron chi connectivity index (χ2n) is 16.8. The number of fused-ring (bicyclic) bond motifs is 12. The summed E-state index contributed by atoms with van der Waals surface area (Å²) in [6.07, 6.45) is 1.53. The van der Waals surface area contributed by atoms with Crippen molar-refractivity contribution in [2.75, 3.05) is 61.0 Å². The van der Waals surface area contributed by atoms with E-state index in [0.717, 1.165) is 33.4 Å². The summed E-state index contributed by atoms with van der Waals surface area (Å²) in [5.74, 6) is 5.65. The lowest BCUT2D eigenvalue weighted by molar-refractivity contribution is 0.336. The summed E-state index contributed by atoms with van der Waals surface area (Å²) in [6, 6.07) is 22.7. The molecular formula is C57H66O12. The predicted molar refractivity (Wildman–Crippen MR) is 267 cm³/mol. The van der Waals surface area contributed by atoms with Crippen molar-refractivity contribution in [3.63, 3.8) is 0 Å². The molecule has 12 heteroatoms. The summed E-state index contributed by atoms with van der Waals surface area (Å²) in [4.78, 5) is 0. The maximum atomic E-state index is 12.3. The van der Waals surface area contributed by atoms with Crippen LogP contribution in [-0.4, -0.2) is 76.3 Å². The van der Waals surface area contributed by atoms with Gasteiger partial charge in [0.2, 0.25) is 0 Å². The van der Waals surface area contributed by atoms with Crippen molar-refractivity contribution in [3.05, 3.63) is 140 Å². The highest BCUT2D eigenvalue weighted by Gasteiger charge is 2.25. The summed E-state index contributed by atoms with van der Waals surface area (Å²) < 4.78 is 55.6. The summed E-state index contributed by atoms with van der Waals surface area (Å²) in [5, 5.41) is 36.9. The maximum absolute atomic E-state index is 12.3. The molecule has 0 aromatic heterocycles. The Labute approximate surface area is 406 Å². The van der Waals surface area contributed by atoms with Crippen LogP contribution in [0.15, 0.2) is 72.8 Å². The molecule has 0 unspecified atom stereocenters. The molecule has 1 aliphatic rings. The number of phenolic OH excluding ortho intramolecular Hbond substituents is 3. The van der Waals surface area contributed by atoms with Gasteiger partial charge in [-0.1, -0.05) is 0 Å². The highest BCUT2D eigenvalue weighted by atomic mass is 16.5. The number of hydrogen-bond donors (Lipinski definition) is 3. The van der Waals surface area contributed by atoms with Gasteiger partial charge in [0.25, 0.3) is 0 Å². The standard InChI is InChI=1S/C57H66O12/c1-10-64-46-22-34-16-40-28-49(67-13-4)30-42(55(40)61-7)18-36-24-47(65-11-2)26-38(53(36)59)20-44-32-51(69-15-6)33-45(57(44)63-9)21-39-27-48(66-12-3)25-37(54(39)60)19-43-31-50(68-14-5)29-41(56(43)62-8)17-35(23-46)52(34)58/h22-33,58-60H,10-21H2,1-9H3. The van der Waals surface area contributed by atoms with Gasteiger partial charge in [-0.3, -0.25) is 0 Å². The number of aromatic hydroxyl groups is 3. The second-order valence-corrected chi connectivity index (χ2v) is 16.8. The molecule has 12 bridgehead atoms. The van der Waals surface area contributed by atoms with Crippen LogP contribution < -0.4 is 42.6 Å². The van der Waals surface area contributed by atoms with Gasteiger partial charge in [0.05, 0.1) is 61.0 Å². The molecule has 0 fully saturated rings. The predicted octanol–water partition coefficient (Wildman–Crippen LogP) is 11.1. The molecule has 0 spiro atoms. The average Bonchev–Trinajstić information content (AvgIpc) is 3.31. The fourth-order valence-electron chi connectivity index (χ4n) is 9.47. The highest BCUT2D eigenvalue weighted by Crippen LogP contribution is 2.44. The van der Waals surface area contributed by atoms with Gasteiger partial charge in [-0.2, -0.15) is 0 Å². The smallest absolute Gasteiger partial charge is 0.126 e. The summed E-state index contributed by atoms with van der Waals surface area (Å²) in [5.41, 5.74) is 8.25. The molecule has 0 aliphatic heterocycles. The lowest BCUT2D eigenvalue weighted by Crippen LogP contribution is -2.06. The lowest BCUT2D eigenvalue weighted by Gasteiger charge is -2.21. The van der Waals surface area contributed by atoms with E-state index < -0.39 is 0 Å². The highest BCUT2D eigenvalue weighted by molar-refractivity contribution is 5.61. The van der Waals surface area contributed by atoms with E-state index in [2.05, 4.69) is 0 Å². The van der Waals surface area contributed by atoms with Crippen molar-refractivity contribution in [1.29, 1.82) is 0 Å². The molecule has 0 amide bonds. The quantitative estimate of drug-likeness (QED) is 0.0900. The minimum atomic E-state index is 0.0910. The van der Waals surface area contributed by atoms with E-state index in [9.17, 15) is 15.3 Å². The van der Waals surface area contributed by atoms with Gasteiger partial charge in [0, 0.05) is 105 Å². The lowest BCUT2D eigenvalue weighted by atomic mass is 9.90. The van der Waals surface area contributed by atoms with E-state index in [-0.39, 0.29) is 55.8 Å². The Morgan fingerprint density at radius 2 is 0.420 bits per heavy atom. The first-order chi connectivity index (χ1) is 33.5.